The second-order valence-corrected chi connectivity index (χ2v) is 8.52. The van der Waals surface area contributed by atoms with Crippen molar-refractivity contribution in [3.63, 3.8) is 0 Å². The molecular weight excluding hydrogens is 468 g/mol. The molecule has 2 aliphatic heterocycles. The molecule has 182 valence electrons. The van der Waals surface area contributed by atoms with Crippen LogP contribution in [0.4, 0.5) is 29.3 Å². The number of amides is 1. The summed E-state index contributed by atoms with van der Waals surface area (Å²) >= 11 is 0. The summed E-state index contributed by atoms with van der Waals surface area (Å²) in [4.78, 5) is 27.0. The quantitative estimate of drug-likeness (QED) is 0.523. The van der Waals surface area contributed by atoms with E-state index >= 15 is 0 Å². The second-order valence-electron chi connectivity index (χ2n) is 8.52. The fourth-order valence-electron chi connectivity index (χ4n) is 4.20. The highest BCUT2D eigenvalue weighted by Gasteiger charge is 2.39. The maximum atomic E-state index is 13.9. The SMILES string of the molecule is CN(C)c1nc(N2C=C3CN(C(=O)c4ccc(F)cc4-n4nccn4)CC3C2)cc(C(F)(F)F)n1. The Kier molecular flexibility index (Phi) is 5.41. The van der Waals surface area contributed by atoms with Crippen molar-refractivity contribution in [1.29, 1.82) is 0 Å². The average Bonchev–Trinajstić information content (AvgIpc) is 3.54. The molecule has 2 aromatic heterocycles. The number of benzene rings is 1. The van der Waals surface area contributed by atoms with Crippen LogP contribution in [0.2, 0.25) is 0 Å². The van der Waals surface area contributed by atoms with Crippen LogP contribution >= 0.6 is 0 Å². The van der Waals surface area contributed by atoms with Gasteiger partial charge in [-0.15, -0.1) is 0 Å². The van der Waals surface area contributed by atoms with Crippen LogP contribution in [0.15, 0.2) is 48.4 Å². The van der Waals surface area contributed by atoms with Crippen LogP contribution in [0.5, 0.6) is 0 Å². The van der Waals surface area contributed by atoms with Gasteiger partial charge in [-0.2, -0.15) is 33.1 Å². The van der Waals surface area contributed by atoms with Crippen LogP contribution in [0.3, 0.4) is 0 Å². The highest BCUT2D eigenvalue weighted by atomic mass is 19.4. The van der Waals surface area contributed by atoms with E-state index in [9.17, 15) is 22.4 Å². The normalized spacial score (nSPS) is 17.5. The highest BCUT2D eigenvalue weighted by molar-refractivity contribution is 5.98. The van der Waals surface area contributed by atoms with E-state index in [-0.39, 0.29) is 34.8 Å². The van der Waals surface area contributed by atoms with E-state index in [1.54, 1.807) is 30.1 Å². The Balaban J connectivity index is 1.39. The van der Waals surface area contributed by atoms with E-state index in [4.69, 9.17) is 0 Å². The van der Waals surface area contributed by atoms with E-state index in [1.165, 1.54) is 40.3 Å². The molecule has 13 heteroatoms. The maximum absolute atomic E-state index is 13.9. The van der Waals surface area contributed by atoms with Gasteiger partial charge in [0.2, 0.25) is 5.95 Å². The largest absolute Gasteiger partial charge is 0.433 e. The van der Waals surface area contributed by atoms with Crippen LogP contribution in [0.25, 0.3) is 5.69 Å². The predicted octanol–water partition coefficient (Wildman–Crippen LogP) is 2.76. The van der Waals surface area contributed by atoms with Crippen LogP contribution in [-0.2, 0) is 6.18 Å². The van der Waals surface area contributed by atoms with Crippen LogP contribution < -0.4 is 9.80 Å². The summed E-state index contributed by atoms with van der Waals surface area (Å²) in [6.45, 7) is 1.03. The molecule has 3 aromatic rings. The van der Waals surface area contributed by atoms with Crippen molar-refractivity contribution in [2.45, 2.75) is 6.18 Å². The van der Waals surface area contributed by atoms with Crippen LogP contribution in [0, 0.1) is 11.7 Å². The number of fused-ring (bicyclic) bond motifs is 1. The number of hydrogen-bond donors (Lipinski definition) is 0. The minimum atomic E-state index is -4.61. The first-order valence-corrected chi connectivity index (χ1v) is 10.7. The Morgan fingerprint density at radius 2 is 1.83 bits per heavy atom. The number of nitrogens with zero attached hydrogens (tertiary/aromatic N) is 8. The summed E-state index contributed by atoms with van der Waals surface area (Å²) in [5, 5.41) is 7.99. The summed E-state index contributed by atoms with van der Waals surface area (Å²) in [5.74, 6) is -0.807. The zero-order chi connectivity index (χ0) is 24.9. The molecular formula is C22H20F4N8O. The van der Waals surface area contributed by atoms with Gasteiger partial charge in [-0.25, -0.2) is 9.37 Å². The second kappa shape index (κ2) is 8.32. The van der Waals surface area contributed by atoms with Gasteiger partial charge in [0.1, 0.15) is 17.3 Å². The number of carbonyl (C=O) groups excluding carboxylic acids is 1. The third kappa shape index (κ3) is 4.29. The third-order valence-corrected chi connectivity index (χ3v) is 5.87. The maximum Gasteiger partial charge on any atom is 0.433 e. The molecule has 0 N–H and O–H groups in total. The number of anilines is 2. The van der Waals surface area contributed by atoms with E-state index in [0.717, 1.165) is 11.6 Å². The zero-order valence-electron chi connectivity index (χ0n) is 18.7. The number of alkyl halides is 3. The van der Waals surface area contributed by atoms with Gasteiger partial charge in [-0.3, -0.25) is 4.79 Å². The summed E-state index contributed by atoms with van der Waals surface area (Å²) in [5.41, 5.74) is 0.359. The molecule has 1 saturated heterocycles. The first-order chi connectivity index (χ1) is 16.6. The monoisotopic (exact) mass is 488 g/mol. The minimum Gasteiger partial charge on any atom is -0.347 e. The van der Waals surface area contributed by atoms with Gasteiger partial charge in [0.15, 0.2) is 5.69 Å². The molecule has 0 bridgehead atoms. The summed E-state index contributed by atoms with van der Waals surface area (Å²) in [7, 11) is 3.14. The molecule has 1 unspecified atom stereocenters. The van der Waals surface area contributed by atoms with E-state index < -0.39 is 17.7 Å². The molecule has 0 spiro atoms. The summed E-state index contributed by atoms with van der Waals surface area (Å²) < 4.78 is 54.0. The minimum absolute atomic E-state index is 0.0434. The van der Waals surface area contributed by atoms with Crippen molar-refractivity contribution in [1.82, 2.24) is 29.9 Å². The van der Waals surface area contributed by atoms with Crippen molar-refractivity contribution < 1.29 is 22.4 Å². The summed E-state index contributed by atoms with van der Waals surface area (Å²) in [6.07, 6.45) is -0.0130. The fourth-order valence-corrected chi connectivity index (χ4v) is 4.20. The molecule has 5 rings (SSSR count). The van der Waals surface area contributed by atoms with Gasteiger partial charge in [0, 0.05) is 58.0 Å². The van der Waals surface area contributed by atoms with Crippen molar-refractivity contribution in [3.8, 4) is 5.69 Å². The zero-order valence-corrected chi connectivity index (χ0v) is 18.7. The van der Waals surface area contributed by atoms with Gasteiger partial charge in [0.25, 0.3) is 5.91 Å². The van der Waals surface area contributed by atoms with Gasteiger partial charge >= 0.3 is 6.18 Å². The van der Waals surface area contributed by atoms with E-state index in [0.29, 0.717) is 19.6 Å². The molecule has 0 aliphatic carbocycles. The number of rotatable bonds is 4. The standard InChI is InChI=1S/C22H20F4N8O/c1-31(2)21-29-18(22(24,25)26)8-19(30-21)32-9-13-11-33(12-14(13)10-32)20(35)16-4-3-15(23)7-17(16)34-27-5-6-28-34/h3-9,14H,10-12H2,1-2H3. The van der Waals surface area contributed by atoms with Crippen molar-refractivity contribution in [2.75, 3.05) is 43.5 Å². The Labute approximate surface area is 197 Å². The first-order valence-electron chi connectivity index (χ1n) is 10.7. The number of carbonyl (C=O) groups is 1. The molecule has 1 atom stereocenters. The average molecular weight is 488 g/mol. The van der Waals surface area contributed by atoms with Crippen molar-refractivity contribution in [2.24, 2.45) is 5.92 Å². The lowest BCUT2D eigenvalue weighted by molar-refractivity contribution is -0.141. The number of hydrogen-bond acceptors (Lipinski definition) is 7. The molecule has 4 heterocycles. The molecule has 0 radical (unpaired) electrons. The predicted molar refractivity (Wildman–Crippen MR) is 118 cm³/mol. The van der Waals surface area contributed by atoms with Crippen LogP contribution in [-0.4, -0.2) is 69.5 Å². The van der Waals surface area contributed by atoms with Gasteiger partial charge in [-0.1, -0.05) is 0 Å². The smallest absolute Gasteiger partial charge is 0.347 e. The third-order valence-electron chi connectivity index (χ3n) is 5.87. The molecule has 9 nitrogen and oxygen atoms in total. The number of halogens is 4. The molecule has 35 heavy (non-hydrogen) atoms. The lowest BCUT2D eigenvalue weighted by atomic mass is 10.1. The highest BCUT2D eigenvalue weighted by Crippen LogP contribution is 2.36. The Bertz CT molecular complexity index is 1310. The first kappa shape index (κ1) is 22.7. The lowest BCUT2D eigenvalue weighted by Gasteiger charge is -2.22. The molecule has 1 aromatic carbocycles. The Morgan fingerprint density at radius 1 is 1.09 bits per heavy atom. The van der Waals surface area contributed by atoms with Crippen molar-refractivity contribution in [3.05, 3.63) is 65.5 Å². The molecule has 2 aliphatic rings. The summed E-state index contributed by atoms with van der Waals surface area (Å²) in [6, 6.07) is 4.72. The Morgan fingerprint density at radius 3 is 2.49 bits per heavy atom. The van der Waals surface area contributed by atoms with Crippen molar-refractivity contribution >= 4 is 17.7 Å². The topological polar surface area (TPSA) is 83.3 Å². The fraction of sp³-hybridized carbons (Fsp3) is 0.318. The molecule has 1 fully saturated rings. The van der Waals surface area contributed by atoms with Gasteiger partial charge in [0.05, 0.1) is 18.0 Å². The van der Waals surface area contributed by atoms with Gasteiger partial charge in [-0.05, 0) is 17.7 Å². The van der Waals surface area contributed by atoms with Crippen LogP contribution in [0.1, 0.15) is 16.1 Å². The van der Waals surface area contributed by atoms with Gasteiger partial charge < -0.3 is 14.7 Å². The molecule has 0 saturated carbocycles. The lowest BCUT2D eigenvalue weighted by Crippen LogP contribution is -2.32. The Hall–Kier alpha value is -4.03. The number of likely N-dealkylation sites (tertiary alicyclic amines) is 1. The molecule has 1 amide bonds. The van der Waals surface area contributed by atoms with E-state index in [1.807, 2.05) is 0 Å². The van der Waals surface area contributed by atoms with E-state index in [2.05, 4.69) is 20.2 Å². The number of aromatic nitrogens is 5.